The van der Waals surface area contributed by atoms with Crippen LogP contribution in [-0.2, 0) is 10.0 Å². The van der Waals surface area contributed by atoms with Gasteiger partial charge >= 0.3 is 0 Å². The van der Waals surface area contributed by atoms with Gasteiger partial charge in [-0.25, -0.2) is 8.42 Å². The van der Waals surface area contributed by atoms with Crippen molar-refractivity contribution in [2.24, 2.45) is 0 Å². The molecule has 0 fully saturated rings. The number of thiophene rings is 1. The van der Waals surface area contributed by atoms with E-state index in [4.69, 9.17) is 5.73 Å². The van der Waals surface area contributed by atoms with Crippen molar-refractivity contribution in [3.8, 4) is 0 Å². The second-order valence-electron chi connectivity index (χ2n) is 3.93. The van der Waals surface area contributed by atoms with E-state index in [1.165, 1.54) is 22.7 Å². The van der Waals surface area contributed by atoms with Gasteiger partial charge in [-0.2, -0.15) is 0 Å². The van der Waals surface area contributed by atoms with Crippen molar-refractivity contribution in [1.82, 2.24) is 0 Å². The summed E-state index contributed by atoms with van der Waals surface area (Å²) < 4.78 is 26.3. The Morgan fingerprint density at radius 3 is 2.50 bits per heavy atom. The van der Waals surface area contributed by atoms with Crippen LogP contribution in [0.1, 0.15) is 4.88 Å². The van der Waals surface area contributed by atoms with Crippen LogP contribution in [0.5, 0.6) is 0 Å². The molecule has 96 valence electrons. The lowest BCUT2D eigenvalue weighted by Gasteiger charge is -2.18. The van der Waals surface area contributed by atoms with E-state index in [0.717, 1.165) is 4.88 Å². The molecule has 2 rings (SSSR count). The topological polar surface area (TPSA) is 63.4 Å². The van der Waals surface area contributed by atoms with Crippen molar-refractivity contribution in [2.75, 3.05) is 17.1 Å². The minimum Gasteiger partial charge on any atom is -0.399 e. The molecule has 0 radical (unpaired) electrons. The highest BCUT2D eigenvalue weighted by molar-refractivity contribution is 7.94. The van der Waals surface area contributed by atoms with E-state index in [1.54, 1.807) is 36.4 Å². The molecule has 0 atom stereocenters. The maximum atomic E-state index is 12.4. The Kier molecular flexibility index (Phi) is 3.32. The smallest absolute Gasteiger partial charge is 0.273 e. The molecule has 0 amide bonds. The first-order valence-electron chi connectivity index (χ1n) is 5.32. The van der Waals surface area contributed by atoms with E-state index >= 15 is 0 Å². The molecule has 18 heavy (non-hydrogen) atoms. The fourth-order valence-electron chi connectivity index (χ4n) is 1.55. The van der Waals surface area contributed by atoms with Crippen molar-refractivity contribution in [3.05, 3.63) is 41.3 Å². The van der Waals surface area contributed by atoms with Gasteiger partial charge in [0, 0.05) is 17.6 Å². The zero-order valence-corrected chi connectivity index (χ0v) is 11.8. The quantitative estimate of drug-likeness (QED) is 0.880. The van der Waals surface area contributed by atoms with Crippen molar-refractivity contribution >= 4 is 32.7 Å². The number of hydrogen-bond acceptors (Lipinski definition) is 4. The molecule has 0 unspecified atom stereocenters. The van der Waals surface area contributed by atoms with Crippen LogP contribution in [0, 0.1) is 6.92 Å². The van der Waals surface area contributed by atoms with E-state index in [2.05, 4.69) is 0 Å². The average Bonchev–Trinajstić information content (AvgIpc) is 2.75. The molecule has 0 aliphatic heterocycles. The number of rotatable bonds is 3. The Labute approximate surface area is 111 Å². The number of nitrogens with two attached hydrogens (primary N) is 1. The SMILES string of the molecule is Cc1ccc(S(=O)(=O)N(C)c2cccc(N)c2)s1. The molecular formula is C12H14N2O2S2. The zero-order chi connectivity index (χ0) is 13.3. The molecule has 0 saturated heterocycles. The molecule has 0 saturated carbocycles. The van der Waals surface area contributed by atoms with Gasteiger partial charge in [0.25, 0.3) is 10.0 Å². The first kappa shape index (κ1) is 12.9. The third-order valence-electron chi connectivity index (χ3n) is 2.56. The highest BCUT2D eigenvalue weighted by atomic mass is 32.2. The van der Waals surface area contributed by atoms with Gasteiger partial charge in [0.1, 0.15) is 4.21 Å². The molecule has 1 aromatic heterocycles. The predicted molar refractivity (Wildman–Crippen MR) is 75.5 cm³/mol. The minimum atomic E-state index is -3.49. The van der Waals surface area contributed by atoms with E-state index in [0.29, 0.717) is 15.6 Å². The molecule has 0 bridgehead atoms. The van der Waals surface area contributed by atoms with Crippen molar-refractivity contribution in [3.63, 3.8) is 0 Å². The number of sulfonamides is 1. The van der Waals surface area contributed by atoms with Crippen LogP contribution in [0.15, 0.2) is 40.6 Å². The number of nitrogen functional groups attached to an aromatic ring is 1. The Hall–Kier alpha value is -1.53. The van der Waals surface area contributed by atoms with Crippen LogP contribution in [0.25, 0.3) is 0 Å². The lowest BCUT2D eigenvalue weighted by atomic mass is 10.3. The van der Waals surface area contributed by atoms with Crippen molar-refractivity contribution < 1.29 is 8.42 Å². The van der Waals surface area contributed by atoms with E-state index < -0.39 is 10.0 Å². The average molecular weight is 282 g/mol. The molecule has 2 N–H and O–H groups in total. The standard InChI is InChI=1S/C12H14N2O2S2/c1-9-6-7-12(17-9)18(15,16)14(2)11-5-3-4-10(13)8-11/h3-8H,13H2,1-2H3. The molecule has 1 aromatic carbocycles. The Bertz CT molecular complexity index is 662. The Morgan fingerprint density at radius 2 is 1.94 bits per heavy atom. The number of anilines is 2. The number of nitrogens with zero attached hydrogens (tertiary/aromatic N) is 1. The second kappa shape index (κ2) is 4.62. The maximum Gasteiger partial charge on any atom is 0.273 e. The van der Waals surface area contributed by atoms with Gasteiger partial charge in [-0.3, -0.25) is 4.31 Å². The van der Waals surface area contributed by atoms with Gasteiger partial charge in [-0.1, -0.05) is 6.07 Å². The summed E-state index contributed by atoms with van der Waals surface area (Å²) in [6.45, 7) is 1.88. The van der Waals surface area contributed by atoms with Crippen LogP contribution in [-0.4, -0.2) is 15.5 Å². The largest absolute Gasteiger partial charge is 0.399 e. The van der Waals surface area contributed by atoms with Crippen LogP contribution < -0.4 is 10.0 Å². The Morgan fingerprint density at radius 1 is 1.22 bits per heavy atom. The summed E-state index contributed by atoms with van der Waals surface area (Å²) in [6, 6.07) is 10.2. The number of benzene rings is 1. The van der Waals surface area contributed by atoms with E-state index in [-0.39, 0.29) is 0 Å². The molecule has 4 nitrogen and oxygen atoms in total. The fraction of sp³-hybridized carbons (Fsp3) is 0.167. The van der Waals surface area contributed by atoms with Gasteiger partial charge in [0.05, 0.1) is 5.69 Å². The van der Waals surface area contributed by atoms with Crippen molar-refractivity contribution in [2.45, 2.75) is 11.1 Å². The highest BCUT2D eigenvalue weighted by Gasteiger charge is 2.22. The molecule has 1 heterocycles. The molecule has 0 aliphatic carbocycles. The molecule has 0 aliphatic rings. The van der Waals surface area contributed by atoms with Crippen LogP contribution in [0.3, 0.4) is 0 Å². The molecule has 2 aromatic rings. The predicted octanol–water partition coefficient (Wildman–Crippen LogP) is 2.46. The third-order valence-corrected chi connectivity index (χ3v) is 5.82. The Balaban J connectivity index is 2.42. The summed E-state index contributed by atoms with van der Waals surface area (Å²) in [6.07, 6.45) is 0. The lowest BCUT2D eigenvalue weighted by Crippen LogP contribution is -2.25. The number of aryl methyl sites for hydroxylation is 1. The summed E-state index contributed by atoms with van der Waals surface area (Å²) in [5.74, 6) is 0. The molecule has 6 heteroatoms. The molecular weight excluding hydrogens is 268 g/mol. The van der Waals surface area contributed by atoms with Crippen LogP contribution in [0.4, 0.5) is 11.4 Å². The minimum absolute atomic E-state index is 0.338. The van der Waals surface area contributed by atoms with Crippen LogP contribution in [0.2, 0.25) is 0 Å². The normalized spacial score (nSPS) is 11.4. The zero-order valence-electron chi connectivity index (χ0n) is 10.1. The summed E-state index contributed by atoms with van der Waals surface area (Å²) >= 11 is 1.26. The first-order valence-corrected chi connectivity index (χ1v) is 7.58. The number of hydrogen-bond donors (Lipinski definition) is 1. The van der Waals surface area contributed by atoms with E-state index in [9.17, 15) is 8.42 Å². The first-order chi connectivity index (χ1) is 8.41. The van der Waals surface area contributed by atoms with Gasteiger partial charge < -0.3 is 5.73 Å². The van der Waals surface area contributed by atoms with Gasteiger partial charge in [0.2, 0.25) is 0 Å². The third kappa shape index (κ3) is 2.34. The maximum absolute atomic E-state index is 12.4. The van der Waals surface area contributed by atoms with Gasteiger partial charge in [-0.05, 0) is 37.3 Å². The lowest BCUT2D eigenvalue weighted by molar-refractivity contribution is 0.596. The summed E-state index contributed by atoms with van der Waals surface area (Å²) in [7, 11) is -1.96. The summed E-state index contributed by atoms with van der Waals surface area (Å²) in [5.41, 5.74) is 6.76. The monoisotopic (exact) mass is 282 g/mol. The van der Waals surface area contributed by atoms with Crippen molar-refractivity contribution in [1.29, 1.82) is 0 Å². The van der Waals surface area contributed by atoms with E-state index in [1.807, 2.05) is 6.92 Å². The molecule has 0 spiro atoms. The highest BCUT2D eigenvalue weighted by Crippen LogP contribution is 2.27. The van der Waals surface area contributed by atoms with Gasteiger partial charge in [-0.15, -0.1) is 11.3 Å². The van der Waals surface area contributed by atoms with Gasteiger partial charge in [0.15, 0.2) is 0 Å². The fourth-order valence-corrected chi connectivity index (χ4v) is 4.19. The second-order valence-corrected chi connectivity index (χ2v) is 7.42. The summed E-state index contributed by atoms with van der Waals surface area (Å²) in [4.78, 5) is 0.967. The summed E-state index contributed by atoms with van der Waals surface area (Å²) in [5, 5.41) is 0. The van der Waals surface area contributed by atoms with Crippen LogP contribution >= 0.6 is 11.3 Å².